The van der Waals surface area contributed by atoms with E-state index in [2.05, 4.69) is 10.4 Å². The lowest BCUT2D eigenvalue weighted by molar-refractivity contribution is -0.146. The van der Waals surface area contributed by atoms with Gasteiger partial charge < -0.3 is 15.0 Å². The average molecular weight is 357 g/mol. The summed E-state index contributed by atoms with van der Waals surface area (Å²) in [6.07, 6.45) is 1.41. The zero-order valence-electron chi connectivity index (χ0n) is 13.7. The van der Waals surface area contributed by atoms with E-state index < -0.39 is 30.1 Å². The van der Waals surface area contributed by atoms with E-state index in [4.69, 9.17) is 4.74 Å². The number of hydroxylamine groups is 2. The molecule has 2 aliphatic rings. The van der Waals surface area contributed by atoms with Crippen LogP contribution in [0.15, 0.2) is 36.5 Å². The predicted octanol–water partition coefficient (Wildman–Crippen LogP) is 1.36. The number of hydrogen-bond acceptors (Lipinski definition) is 6. The number of esters is 1. The van der Waals surface area contributed by atoms with Crippen LogP contribution >= 0.6 is 0 Å². The van der Waals surface area contributed by atoms with Gasteiger partial charge in [-0.05, 0) is 12.1 Å². The van der Waals surface area contributed by atoms with E-state index in [1.807, 2.05) is 6.07 Å². The number of nitrogens with one attached hydrogen (secondary N) is 1. The molecule has 2 aliphatic heterocycles. The molecule has 2 bridgehead atoms. The molecule has 3 amide bonds. The van der Waals surface area contributed by atoms with Gasteiger partial charge in [-0.3, -0.25) is 5.21 Å². The Morgan fingerprint density at radius 1 is 1.31 bits per heavy atom. The molecule has 2 N–H and O–H groups in total. The number of hydrogen-bond donors (Lipinski definition) is 2. The number of anilines is 1. The minimum Gasteiger partial charge on any atom is -0.467 e. The predicted molar refractivity (Wildman–Crippen MR) is 86.3 cm³/mol. The first kappa shape index (κ1) is 16.1. The second-order valence-electron chi connectivity index (χ2n) is 5.93. The number of aromatic nitrogens is 2. The van der Waals surface area contributed by atoms with Gasteiger partial charge in [0, 0.05) is 17.4 Å². The van der Waals surface area contributed by atoms with Crippen molar-refractivity contribution < 1.29 is 24.3 Å². The molecule has 0 saturated carbocycles. The summed E-state index contributed by atoms with van der Waals surface area (Å²) in [6, 6.07) is 5.77. The van der Waals surface area contributed by atoms with Gasteiger partial charge >= 0.3 is 18.0 Å². The minimum atomic E-state index is -1.11. The number of urea groups is 1. The van der Waals surface area contributed by atoms with Gasteiger partial charge in [-0.25, -0.2) is 14.4 Å². The lowest BCUT2D eigenvalue weighted by Gasteiger charge is -2.27. The monoisotopic (exact) mass is 357 g/mol. The Morgan fingerprint density at radius 2 is 2.04 bits per heavy atom. The smallest absolute Gasteiger partial charge is 0.346 e. The van der Waals surface area contributed by atoms with Crippen LogP contribution in [-0.2, 0) is 9.53 Å². The first-order valence-corrected chi connectivity index (χ1v) is 7.83. The van der Waals surface area contributed by atoms with E-state index in [0.717, 1.165) is 4.68 Å². The first-order valence-electron chi connectivity index (χ1n) is 7.83. The van der Waals surface area contributed by atoms with Crippen LogP contribution < -0.4 is 5.32 Å². The molecule has 10 heteroatoms. The summed E-state index contributed by atoms with van der Waals surface area (Å²) in [5.74, 6) is -0.693. The van der Waals surface area contributed by atoms with Crippen molar-refractivity contribution in [3.05, 3.63) is 47.8 Å². The molecular formula is C16H15N5O5. The zero-order valence-corrected chi connectivity index (χ0v) is 13.7. The third-order valence-corrected chi connectivity index (χ3v) is 4.47. The number of methoxy groups -OCH3 is 1. The van der Waals surface area contributed by atoms with E-state index in [0.29, 0.717) is 16.3 Å². The lowest BCUT2D eigenvalue weighted by Crippen LogP contribution is -2.39. The number of benzene rings is 1. The highest BCUT2D eigenvalue weighted by Gasteiger charge is 2.52. The maximum absolute atomic E-state index is 12.4. The van der Waals surface area contributed by atoms with Crippen molar-refractivity contribution in [3.63, 3.8) is 0 Å². The Balaban J connectivity index is 1.70. The summed E-state index contributed by atoms with van der Waals surface area (Å²) in [5.41, 5.74) is 1.22. The maximum atomic E-state index is 12.4. The van der Waals surface area contributed by atoms with E-state index in [1.54, 1.807) is 24.3 Å². The summed E-state index contributed by atoms with van der Waals surface area (Å²) < 4.78 is 5.81. The highest BCUT2D eigenvalue weighted by molar-refractivity contribution is 5.91. The van der Waals surface area contributed by atoms with Gasteiger partial charge in [0.25, 0.3) is 0 Å². The molecule has 0 radical (unpaired) electrons. The molecule has 26 heavy (non-hydrogen) atoms. The van der Waals surface area contributed by atoms with Crippen LogP contribution in [0.4, 0.5) is 15.3 Å². The Labute approximate surface area is 147 Å². The second-order valence-corrected chi connectivity index (χ2v) is 5.93. The molecule has 1 aromatic heterocycles. The summed E-state index contributed by atoms with van der Waals surface area (Å²) in [5, 5.41) is 17.4. The van der Waals surface area contributed by atoms with E-state index in [-0.39, 0.29) is 12.2 Å². The fraction of sp³-hybridized carbons (Fsp3) is 0.250. The molecule has 1 saturated heterocycles. The summed E-state index contributed by atoms with van der Waals surface area (Å²) in [4.78, 5) is 37.9. The SMILES string of the molecule is COC(=O)[C@@H]1c2nn(C(=O)Nc3ccccc3)cc2[C@@H]2CN1C(=O)N2O. The molecule has 2 aromatic rings. The van der Waals surface area contributed by atoms with Gasteiger partial charge in [0.1, 0.15) is 11.7 Å². The van der Waals surface area contributed by atoms with Crippen molar-refractivity contribution in [2.45, 2.75) is 12.1 Å². The van der Waals surface area contributed by atoms with Gasteiger partial charge in [0.05, 0.1) is 13.7 Å². The van der Waals surface area contributed by atoms with Crippen LogP contribution in [0.25, 0.3) is 0 Å². The molecule has 0 unspecified atom stereocenters. The van der Waals surface area contributed by atoms with Gasteiger partial charge in [-0.1, -0.05) is 18.2 Å². The number of carbonyl (C=O) groups excluding carboxylic acids is 3. The van der Waals surface area contributed by atoms with Gasteiger partial charge in [0.2, 0.25) is 0 Å². The molecule has 4 rings (SSSR count). The van der Waals surface area contributed by atoms with Crippen LogP contribution in [0.5, 0.6) is 0 Å². The molecular weight excluding hydrogens is 342 g/mol. The Hall–Kier alpha value is -3.40. The zero-order chi connectivity index (χ0) is 18.4. The van der Waals surface area contributed by atoms with E-state index >= 15 is 0 Å². The van der Waals surface area contributed by atoms with Crippen molar-refractivity contribution in [2.75, 3.05) is 19.0 Å². The summed E-state index contributed by atoms with van der Waals surface area (Å²) in [6.45, 7) is 0.105. The summed E-state index contributed by atoms with van der Waals surface area (Å²) in [7, 11) is 1.20. The highest BCUT2D eigenvalue weighted by Crippen LogP contribution is 2.42. The van der Waals surface area contributed by atoms with Gasteiger partial charge in [0.15, 0.2) is 6.04 Å². The Morgan fingerprint density at radius 3 is 2.73 bits per heavy atom. The molecule has 3 heterocycles. The standard InChI is InChI=1S/C16H15N5O5/c1-26-14(22)13-12-10(11-8-19(13)16(24)21(11)25)7-20(18-12)15(23)17-9-5-3-2-4-6-9/h2-7,11,13,25H,8H2,1H3,(H,17,23)/t11-,13-/m0/s1. The molecule has 0 aliphatic carbocycles. The van der Waals surface area contributed by atoms with Crippen molar-refractivity contribution >= 4 is 23.7 Å². The van der Waals surface area contributed by atoms with Crippen LogP contribution in [0.2, 0.25) is 0 Å². The summed E-state index contributed by atoms with van der Waals surface area (Å²) >= 11 is 0. The van der Waals surface area contributed by atoms with Gasteiger partial charge in [-0.15, -0.1) is 0 Å². The molecule has 10 nitrogen and oxygen atoms in total. The Bertz CT molecular complexity index is 896. The topological polar surface area (TPSA) is 117 Å². The normalized spacial score (nSPS) is 20.8. The molecule has 0 spiro atoms. The quantitative estimate of drug-likeness (QED) is 0.619. The molecule has 2 atom stereocenters. The Kier molecular flexibility index (Phi) is 3.62. The number of nitrogens with zero attached hydrogens (tertiary/aromatic N) is 4. The third-order valence-electron chi connectivity index (χ3n) is 4.47. The largest absolute Gasteiger partial charge is 0.467 e. The fourth-order valence-electron chi connectivity index (χ4n) is 3.23. The van der Waals surface area contributed by atoms with E-state index in [1.165, 1.54) is 18.2 Å². The van der Waals surface area contributed by atoms with Crippen LogP contribution in [0.1, 0.15) is 23.3 Å². The number of rotatable bonds is 2. The first-order chi connectivity index (χ1) is 12.5. The van der Waals surface area contributed by atoms with Crippen molar-refractivity contribution in [3.8, 4) is 0 Å². The third kappa shape index (κ3) is 2.30. The lowest BCUT2D eigenvalue weighted by atomic mass is 9.98. The minimum absolute atomic E-state index is 0.105. The number of amides is 3. The average Bonchev–Trinajstić information content (AvgIpc) is 3.20. The van der Waals surface area contributed by atoms with E-state index in [9.17, 15) is 19.6 Å². The maximum Gasteiger partial charge on any atom is 0.346 e. The second kappa shape index (κ2) is 5.85. The van der Waals surface area contributed by atoms with Crippen LogP contribution in [0, 0.1) is 0 Å². The fourth-order valence-corrected chi connectivity index (χ4v) is 3.23. The van der Waals surface area contributed by atoms with Crippen molar-refractivity contribution in [1.29, 1.82) is 0 Å². The highest BCUT2D eigenvalue weighted by atomic mass is 16.5. The van der Waals surface area contributed by atoms with Crippen molar-refractivity contribution in [1.82, 2.24) is 19.7 Å². The van der Waals surface area contributed by atoms with Gasteiger partial charge in [-0.2, -0.15) is 14.8 Å². The number of carbonyl (C=O) groups is 3. The number of fused-ring (bicyclic) bond motifs is 4. The van der Waals surface area contributed by atoms with Crippen LogP contribution in [0.3, 0.4) is 0 Å². The van der Waals surface area contributed by atoms with Crippen molar-refractivity contribution in [2.24, 2.45) is 0 Å². The van der Waals surface area contributed by atoms with Crippen LogP contribution in [-0.4, -0.2) is 56.6 Å². The molecule has 1 fully saturated rings. The molecule has 134 valence electrons. The number of para-hydroxylation sites is 1. The number of ether oxygens (including phenoxy) is 1. The molecule has 1 aromatic carbocycles.